The number of cyclic esters (lactones) is 1. The van der Waals surface area contributed by atoms with Crippen molar-refractivity contribution in [1.29, 1.82) is 0 Å². The van der Waals surface area contributed by atoms with E-state index in [1.807, 2.05) is 13.8 Å². The van der Waals surface area contributed by atoms with E-state index in [1.165, 1.54) is 19.6 Å². The number of aliphatic hydroxyl groups is 4. The van der Waals surface area contributed by atoms with Crippen molar-refractivity contribution in [2.75, 3.05) is 7.11 Å². The van der Waals surface area contributed by atoms with Crippen LogP contribution in [0.5, 0.6) is 0 Å². The van der Waals surface area contributed by atoms with Gasteiger partial charge in [-0.2, -0.15) is 0 Å². The van der Waals surface area contributed by atoms with Crippen LogP contribution in [-0.2, 0) is 23.8 Å². The first-order chi connectivity index (χ1) is 17.3. The van der Waals surface area contributed by atoms with Crippen LogP contribution in [0.1, 0.15) is 58.1 Å². The number of aliphatic hydroxyl groups excluding tert-OH is 2. The zero-order valence-corrected chi connectivity index (χ0v) is 21.3. The average molecular weight is 519 g/mol. The molecule has 10 nitrogen and oxygen atoms in total. The van der Waals surface area contributed by atoms with Gasteiger partial charge in [-0.25, -0.2) is 4.79 Å². The molecular weight excluding hydrogens is 484 g/mol. The molecule has 3 heterocycles. The Labute approximate surface area is 213 Å². The Bertz CT molecular complexity index is 1200. The monoisotopic (exact) mass is 518 g/mol. The fraction of sp³-hybridized carbons (Fsp3) is 0.778. The second kappa shape index (κ2) is 6.59. The van der Waals surface area contributed by atoms with Crippen molar-refractivity contribution in [3.8, 4) is 0 Å². The lowest BCUT2D eigenvalue weighted by atomic mass is 9.42. The summed E-state index contributed by atoms with van der Waals surface area (Å²) < 4.78 is 22.6. The van der Waals surface area contributed by atoms with E-state index in [1.54, 1.807) is 13.0 Å². The zero-order chi connectivity index (χ0) is 26.6. The smallest absolute Gasteiger partial charge is 0.335 e. The normalized spacial score (nSPS) is 57.6. The van der Waals surface area contributed by atoms with Gasteiger partial charge in [0.15, 0.2) is 6.10 Å². The number of ether oxygens (including phenoxy) is 3. The van der Waals surface area contributed by atoms with Crippen LogP contribution in [0.3, 0.4) is 0 Å². The first kappa shape index (κ1) is 24.1. The number of fused-ring (bicyclic) bond motifs is 3. The van der Waals surface area contributed by atoms with Crippen LogP contribution in [0.4, 0.5) is 0 Å². The summed E-state index contributed by atoms with van der Waals surface area (Å²) in [6.07, 6.45) is -0.603. The molecule has 1 aromatic rings. The zero-order valence-electron chi connectivity index (χ0n) is 21.3. The van der Waals surface area contributed by atoms with Crippen molar-refractivity contribution in [3.05, 3.63) is 24.2 Å². The Hall–Kier alpha value is -1.98. The Morgan fingerprint density at radius 2 is 1.97 bits per heavy atom. The highest BCUT2D eigenvalue weighted by molar-refractivity contribution is 5.76. The van der Waals surface area contributed by atoms with E-state index in [2.05, 4.69) is 0 Å². The molecule has 4 saturated carbocycles. The number of hydrogen-bond donors (Lipinski definition) is 4. The van der Waals surface area contributed by atoms with Crippen LogP contribution in [0.2, 0.25) is 0 Å². The number of furan rings is 1. The van der Waals surface area contributed by atoms with Gasteiger partial charge in [-0.3, -0.25) is 4.79 Å². The van der Waals surface area contributed by atoms with Crippen molar-refractivity contribution in [2.45, 2.75) is 87.7 Å². The van der Waals surface area contributed by atoms with Crippen molar-refractivity contribution >= 4 is 11.9 Å². The van der Waals surface area contributed by atoms with E-state index in [9.17, 15) is 30.0 Å². The maximum atomic E-state index is 13.1. The molecule has 0 amide bonds. The molecule has 6 fully saturated rings. The van der Waals surface area contributed by atoms with E-state index >= 15 is 0 Å². The standard InChI is InChI=1S/C27H34O10/c1-22-11-25(32)18-16(19(22)30)37-27(18)13(24(25,3)17(22)15(29)21(31)34-4)5-7-23(2)20(12-6-8-35-10-12)36-14(28)9-26(23,27)33/h6,8,10,13,15-20,29-30,32-33H,5,7,9,11H2,1-4H3/t13-,15+,16+,17+,18?,19-,20+,22-,23+,24+,25+,26-,27+/m1/s1. The minimum Gasteiger partial charge on any atom is -0.472 e. The van der Waals surface area contributed by atoms with Gasteiger partial charge in [0.2, 0.25) is 0 Å². The Morgan fingerprint density at radius 1 is 1.24 bits per heavy atom. The lowest BCUT2D eigenvalue weighted by Gasteiger charge is -2.73. The van der Waals surface area contributed by atoms with E-state index < -0.39 is 87.2 Å². The van der Waals surface area contributed by atoms with Crippen LogP contribution >= 0.6 is 0 Å². The molecule has 37 heavy (non-hydrogen) atoms. The van der Waals surface area contributed by atoms with Gasteiger partial charge in [-0.15, -0.1) is 0 Å². The number of methoxy groups -OCH3 is 1. The van der Waals surface area contributed by atoms with Crippen LogP contribution in [0.15, 0.2) is 23.0 Å². The lowest BCUT2D eigenvalue weighted by Crippen LogP contribution is -2.85. The predicted octanol–water partition coefficient (Wildman–Crippen LogP) is 0.854. The third kappa shape index (κ3) is 2.13. The first-order valence-corrected chi connectivity index (χ1v) is 13.1. The van der Waals surface area contributed by atoms with Crippen LogP contribution in [0.25, 0.3) is 0 Å². The Balaban J connectivity index is 1.44. The summed E-state index contributed by atoms with van der Waals surface area (Å²) in [4.78, 5) is 25.7. The van der Waals surface area contributed by atoms with Gasteiger partial charge in [-0.05, 0) is 31.2 Å². The Morgan fingerprint density at radius 3 is 2.62 bits per heavy atom. The van der Waals surface area contributed by atoms with Crippen molar-refractivity contribution in [1.82, 2.24) is 0 Å². The van der Waals surface area contributed by atoms with Gasteiger partial charge in [0.1, 0.15) is 17.3 Å². The number of rotatable bonds is 3. The summed E-state index contributed by atoms with van der Waals surface area (Å²) in [5.41, 5.74) is -7.10. The van der Waals surface area contributed by atoms with E-state index in [0.29, 0.717) is 18.4 Å². The predicted molar refractivity (Wildman–Crippen MR) is 122 cm³/mol. The highest BCUT2D eigenvalue weighted by atomic mass is 16.6. The molecule has 2 saturated heterocycles. The van der Waals surface area contributed by atoms with E-state index in [4.69, 9.17) is 18.6 Å². The molecule has 6 aliphatic rings. The van der Waals surface area contributed by atoms with Crippen LogP contribution in [0, 0.1) is 34.0 Å². The quantitative estimate of drug-likeness (QED) is 0.423. The van der Waals surface area contributed by atoms with Gasteiger partial charge in [0.25, 0.3) is 0 Å². The second-order valence-electron chi connectivity index (χ2n) is 13.1. The van der Waals surface area contributed by atoms with Gasteiger partial charge < -0.3 is 39.1 Å². The molecule has 0 radical (unpaired) electrons. The number of carbonyl (C=O) groups is 2. The molecular formula is C27H34O10. The largest absolute Gasteiger partial charge is 0.472 e. The summed E-state index contributed by atoms with van der Waals surface area (Å²) in [6, 6.07) is 1.71. The third-order valence-electron chi connectivity index (χ3n) is 12.2. The third-order valence-corrected chi connectivity index (χ3v) is 12.2. The SMILES string of the molecule is COC(=O)[C@@H](O)[C@H]1[C@@]2(C)C[C@]3(O)C4[C@H](O[C@@]45[C@H](CC[C@@]4(C)[C@H](c6ccoc6)OC(=O)C[C@@]45O)[C@@]13C)[C@H]2O. The van der Waals surface area contributed by atoms with Gasteiger partial charge in [0.05, 0.1) is 43.9 Å². The molecule has 202 valence electrons. The summed E-state index contributed by atoms with van der Waals surface area (Å²) in [5.74, 6) is -3.48. The molecule has 4 aliphatic carbocycles. The number of esters is 2. The molecule has 0 aromatic carbocycles. The molecule has 1 spiro atoms. The fourth-order valence-corrected chi connectivity index (χ4v) is 10.9. The van der Waals surface area contributed by atoms with Gasteiger partial charge in [-0.1, -0.05) is 20.8 Å². The average Bonchev–Trinajstić information content (AvgIpc) is 3.42. The van der Waals surface area contributed by atoms with E-state index in [-0.39, 0.29) is 12.8 Å². The highest BCUT2D eigenvalue weighted by Crippen LogP contribution is 2.87. The fourth-order valence-electron chi connectivity index (χ4n) is 10.9. The van der Waals surface area contributed by atoms with Crippen molar-refractivity contribution in [3.63, 3.8) is 0 Å². The topological polar surface area (TPSA) is 156 Å². The maximum Gasteiger partial charge on any atom is 0.335 e. The molecule has 2 bridgehead atoms. The summed E-state index contributed by atoms with van der Waals surface area (Å²) in [6.45, 7) is 5.51. The summed E-state index contributed by atoms with van der Waals surface area (Å²) in [7, 11) is 1.19. The molecule has 10 heteroatoms. The van der Waals surface area contributed by atoms with Crippen molar-refractivity contribution < 1.29 is 48.6 Å². The minimum atomic E-state index is -1.75. The minimum absolute atomic E-state index is 0.127. The lowest BCUT2D eigenvalue weighted by molar-refractivity contribution is -0.429. The van der Waals surface area contributed by atoms with Gasteiger partial charge >= 0.3 is 11.9 Å². The molecule has 2 aliphatic heterocycles. The second-order valence-corrected chi connectivity index (χ2v) is 13.1. The maximum absolute atomic E-state index is 13.1. The molecule has 1 aromatic heterocycles. The van der Waals surface area contributed by atoms with Crippen LogP contribution < -0.4 is 0 Å². The first-order valence-electron chi connectivity index (χ1n) is 13.1. The van der Waals surface area contributed by atoms with Crippen molar-refractivity contribution in [2.24, 2.45) is 34.0 Å². The Kier molecular flexibility index (Phi) is 4.29. The van der Waals surface area contributed by atoms with Gasteiger partial charge in [0, 0.05) is 33.6 Å². The molecule has 4 N–H and O–H groups in total. The van der Waals surface area contributed by atoms with E-state index in [0.717, 1.165) is 0 Å². The highest BCUT2D eigenvalue weighted by Gasteiger charge is 2.96. The molecule has 1 unspecified atom stereocenters. The van der Waals surface area contributed by atoms with Crippen LogP contribution in [-0.4, -0.2) is 74.6 Å². The summed E-state index contributed by atoms with van der Waals surface area (Å²) in [5, 5.41) is 48.3. The summed E-state index contributed by atoms with van der Waals surface area (Å²) >= 11 is 0. The molecule has 7 rings (SSSR count). The molecule has 13 atom stereocenters. The number of hydrogen-bond acceptors (Lipinski definition) is 10. The number of carbonyl (C=O) groups excluding carboxylic acids is 2.